The predicted molar refractivity (Wildman–Crippen MR) is 107 cm³/mol. The van der Waals surface area contributed by atoms with E-state index < -0.39 is 29.2 Å². The first kappa shape index (κ1) is 20.8. The SMILES string of the molecule is COc1ccccc1CNC(=O)[C@@H](C)OC(=O)C1(c2ccccc2F)CCCC1. The Morgan fingerprint density at radius 2 is 1.76 bits per heavy atom. The molecule has 0 unspecified atom stereocenters. The first-order valence-electron chi connectivity index (χ1n) is 9.83. The van der Waals surface area contributed by atoms with E-state index in [-0.39, 0.29) is 6.54 Å². The van der Waals surface area contributed by atoms with Crippen LogP contribution in [0.4, 0.5) is 4.39 Å². The second-order valence-electron chi connectivity index (χ2n) is 7.35. The van der Waals surface area contributed by atoms with E-state index in [2.05, 4.69) is 5.32 Å². The Hall–Kier alpha value is -2.89. The van der Waals surface area contributed by atoms with Crippen LogP contribution in [-0.2, 0) is 26.3 Å². The molecule has 1 atom stereocenters. The summed E-state index contributed by atoms with van der Waals surface area (Å²) >= 11 is 0. The van der Waals surface area contributed by atoms with Gasteiger partial charge in [-0.15, -0.1) is 0 Å². The third kappa shape index (κ3) is 4.42. The zero-order valence-electron chi connectivity index (χ0n) is 16.7. The van der Waals surface area contributed by atoms with Crippen LogP contribution in [0.3, 0.4) is 0 Å². The van der Waals surface area contributed by atoms with Gasteiger partial charge in [-0.2, -0.15) is 0 Å². The van der Waals surface area contributed by atoms with Crippen LogP contribution in [-0.4, -0.2) is 25.1 Å². The van der Waals surface area contributed by atoms with Crippen molar-refractivity contribution in [2.45, 2.75) is 50.7 Å². The van der Waals surface area contributed by atoms with Crippen LogP contribution in [0, 0.1) is 5.82 Å². The van der Waals surface area contributed by atoms with Gasteiger partial charge in [-0.05, 0) is 31.9 Å². The van der Waals surface area contributed by atoms with E-state index in [4.69, 9.17) is 9.47 Å². The lowest BCUT2D eigenvalue weighted by molar-refractivity contribution is -0.160. The summed E-state index contributed by atoms with van der Waals surface area (Å²) in [6.07, 6.45) is 1.68. The number of halogens is 1. The van der Waals surface area contributed by atoms with E-state index in [0.29, 0.717) is 24.2 Å². The Morgan fingerprint density at radius 1 is 1.10 bits per heavy atom. The molecule has 1 aliphatic carbocycles. The van der Waals surface area contributed by atoms with Crippen molar-refractivity contribution in [3.8, 4) is 5.75 Å². The molecule has 154 valence electrons. The van der Waals surface area contributed by atoms with E-state index in [9.17, 15) is 14.0 Å². The molecule has 0 radical (unpaired) electrons. The topological polar surface area (TPSA) is 64.6 Å². The Labute approximate surface area is 170 Å². The highest BCUT2D eigenvalue weighted by molar-refractivity contribution is 5.88. The Bertz CT molecular complexity index is 877. The van der Waals surface area contributed by atoms with Crippen molar-refractivity contribution in [1.82, 2.24) is 5.32 Å². The molecule has 0 spiro atoms. The van der Waals surface area contributed by atoms with E-state index in [0.717, 1.165) is 18.4 Å². The summed E-state index contributed by atoms with van der Waals surface area (Å²) in [5.74, 6) is -0.701. The molecular formula is C23H26FNO4. The largest absolute Gasteiger partial charge is 0.496 e. The summed E-state index contributed by atoms with van der Waals surface area (Å²) in [6.45, 7) is 1.78. The normalized spacial score (nSPS) is 16.1. The Kier molecular flexibility index (Phi) is 6.52. The van der Waals surface area contributed by atoms with Gasteiger partial charge in [0.1, 0.15) is 11.6 Å². The van der Waals surface area contributed by atoms with E-state index in [1.165, 1.54) is 13.0 Å². The number of amides is 1. The average molecular weight is 399 g/mol. The quantitative estimate of drug-likeness (QED) is 0.718. The number of rotatable bonds is 7. The molecule has 0 aliphatic heterocycles. The van der Waals surface area contributed by atoms with Gasteiger partial charge in [0.15, 0.2) is 6.10 Å². The van der Waals surface area contributed by atoms with Crippen LogP contribution >= 0.6 is 0 Å². The molecule has 3 rings (SSSR count). The summed E-state index contributed by atoms with van der Waals surface area (Å²) in [7, 11) is 1.56. The molecule has 0 saturated heterocycles. The number of ether oxygens (including phenoxy) is 2. The third-order valence-corrected chi connectivity index (χ3v) is 5.54. The zero-order chi connectivity index (χ0) is 20.9. The number of carbonyl (C=O) groups is 2. The minimum absolute atomic E-state index is 0.253. The fourth-order valence-corrected chi connectivity index (χ4v) is 3.91. The van der Waals surface area contributed by atoms with Gasteiger partial charge in [0.05, 0.1) is 12.5 Å². The predicted octanol–water partition coefficient (Wildman–Crippen LogP) is 3.89. The summed E-state index contributed by atoms with van der Waals surface area (Å²) in [5, 5.41) is 2.76. The van der Waals surface area contributed by atoms with Crippen molar-refractivity contribution in [1.29, 1.82) is 0 Å². The molecule has 5 nitrogen and oxygen atoms in total. The van der Waals surface area contributed by atoms with Crippen molar-refractivity contribution in [2.24, 2.45) is 0 Å². The molecule has 0 bridgehead atoms. The van der Waals surface area contributed by atoms with E-state index in [1.54, 1.807) is 25.3 Å². The maximum atomic E-state index is 14.4. The zero-order valence-corrected chi connectivity index (χ0v) is 16.7. The van der Waals surface area contributed by atoms with Crippen molar-refractivity contribution < 1.29 is 23.5 Å². The molecule has 1 aliphatic rings. The maximum absolute atomic E-state index is 14.4. The molecule has 2 aromatic carbocycles. The second kappa shape index (κ2) is 9.07. The second-order valence-corrected chi connectivity index (χ2v) is 7.35. The highest BCUT2D eigenvalue weighted by Gasteiger charge is 2.46. The van der Waals surface area contributed by atoms with Crippen LogP contribution in [0.1, 0.15) is 43.7 Å². The molecular weight excluding hydrogens is 373 g/mol. The van der Waals surface area contributed by atoms with Crippen LogP contribution in [0.25, 0.3) is 0 Å². The number of esters is 1. The molecule has 1 saturated carbocycles. The van der Waals surface area contributed by atoms with Crippen molar-refractivity contribution in [3.05, 3.63) is 65.5 Å². The van der Waals surface area contributed by atoms with Crippen LogP contribution in [0.5, 0.6) is 5.75 Å². The van der Waals surface area contributed by atoms with Gasteiger partial charge in [-0.3, -0.25) is 9.59 Å². The van der Waals surface area contributed by atoms with Gasteiger partial charge >= 0.3 is 5.97 Å². The van der Waals surface area contributed by atoms with Gasteiger partial charge in [-0.25, -0.2) is 4.39 Å². The van der Waals surface area contributed by atoms with Crippen LogP contribution in [0.2, 0.25) is 0 Å². The van der Waals surface area contributed by atoms with Gasteiger partial charge < -0.3 is 14.8 Å². The number of methoxy groups -OCH3 is 1. The summed E-state index contributed by atoms with van der Waals surface area (Å²) in [4.78, 5) is 25.5. The van der Waals surface area contributed by atoms with E-state index in [1.807, 2.05) is 24.3 Å². The molecule has 0 heterocycles. The molecule has 0 aromatic heterocycles. The highest BCUT2D eigenvalue weighted by Crippen LogP contribution is 2.43. The molecule has 2 aromatic rings. The fraction of sp³-hybridized carbons (Fsp3) is 0.391. The summed E-state index contributed by atoms with van der Waals surface area (Å²) in [6, 6.07) is 13.7. The fourth-order valence-electron chi connectivity index (χ4n) is 3.91. The number of carbonyl (C=O) groups excluding carboxylic acids is 2. The van der Waals surface area contributed by atoms with Crippen molar-refractivity contribution >= 4 is 11.9 Å². The van der Waals surface area contributed by atoms with Crippen LogP contribution in [0.15, 0.2) is 48.5 Å². The number of para-hydroxylation sites is 1. The van der Waals surface area contributed by atoms with Gasteiger partial charge in [-0.1, -0.05) is 49.2 Å². The average Bonchev–Trinajstić information content (AvgIpc) is 3.23. The standard InChI is InChI=1S/C23H26FNO4/c1-16(21(26)25-15-17-9-3-6-12-20(17)28-2)29-22(27)23(13-7-8-14-23)18-10-4-5-11-19(18)24/h3-6,9-12,16H,7-8,13-15H2,1-2H3,(H,25,26)/t16-/m1/s1. The maximum Gasteiger partial charge on any atom is 0.317 e. The molecule has 29 heavy (non-hydrogen) atoms. The molecule has 1 N–H and O–H groups in total. The monoisotopic (exact) mass is 399 g/mol. The smallest absolute Gasteiger partial charge is 0.317 e. The Morgan fingerprint density at radius 3 is 2.45 bits per heavy atom. The third-order valence-electron chi connectivity index (χ3n) is 5.54. The number of hydrogen-bond acceptors (Lipinski definition) is 4. The van der Waals surface area contributed by atoms with Gasteiger partial charge in [0, 0.05) is 17.7 Å². The number of benzene rings is 2. The van der Waals surface area contributed by atoms with E-state index >= 15 is 0 Å². The lowest BCUT2D eigenvalue weighted by Gasteiger charge is -2.29. The minimum Gasteiger partial charge on any atom is -0.496 e. The van der Waals surface area contributed by atoms with Gasteiger partial charge in [0.2, 0.25) is 0 Å². The first-order chi connectivity index (χ1) is 14.0. The first-order valence-corrected chi connectivity index (χ1v) is 9.83. The lowest BCUT2D eigenvalue weighted by atomic mass is 9.78. The molecule has 1 fully saturated rings. The number of hydrogen-bond donors (Lipinski definition) is 1. The summed E-state index contributed by atoms with van der Waals surface area (Å²) in [5.41, 5.74) is 0.146. The highest BCUT2D eigenvalue weighted by atomic mass is 19.1. The summed E-state index contributed by atoms with van der Waals surface area (Å²) < 4.78 is 25.2. The van der Waals surface area contributed by atoms with Crippen molar-refractivity contribution in [3.63, 3.8) is 0 Å². The molecule has 1 amide bonds. The minimum atomic E-state index is -1.03. The van der Waals surface area contributed by atoms with Crippen LogP contribution < -0.4 is 10.1 Å². The van der Waals surface area contributed by atoms with Crippen molar-refractivity contribution in [2.75, 3.05) is 7.11 Å². The lowest BCUT2D eigenvalue weighted by Crippen LogP contribution is -2.42. The van der Waals surface area contributed by atoms with Gasteiger partial charge in [0.25, 0.3) is 5.91 Å². The Balaban J connectivity index is 1.67. The molecule has 6 heteroatoms. The number of nitrogens with one attached hydrogen (secondary N) is 1.